The highest BCUT2D eigenvalue weighted by Gasteiger charge is 2.19. The zero-order valence-electron chi connectivity index (χ0n) is 8.13. The second-order valence-electron chi connectivity index (χ2n) is 3.99. The predicted molar refractivity (Wildman–Crippen MR) is 50.5 cm³/mol. The standard InChI is InChI=1S/C10H19NO2/c1-2-6-12-10(3-1)13-8-9-4-5-11-7-9/h9-11H,1-8H2. The summed E-state index contributed by atoms with van der Waals surface area (Å²) in [5.41, 5.74) is 0. The Kier molecular flexibility index (Phi) is 3.58. The van der Waals surface area contributed by atoms with Gasteiger partial charge >= 0.3 is 0 Å². The smallest absolute Gasteiger partial charge is 0.157 e. The molecule has 1 N–H and O–H groups in total. The van der Waals surface area contributed by atoms with Crippen LogP contribution in [0.15, 0.2) is 0 Å². The van der Waals surface area contributed by atoms with Gasteiger partial charge in [0, 0.05) is 13.2 Å². The van der Waals surface area contributed by atoms with Crippen molar-refractivity contribution in [2.75, 3.05) is 26.3 Å². The zero-order valence-corrected chi connectivity index (χ0v) is 8.13. The van der Waals surface area contributed by atoms with Crippen molar-refractivity contribution in [1.29, 1.82) is 0 Å². The van der Waals surface area contributed by atoms with Gasteiger partial charge in [0.15, 0.2) is 6.29 Å². The molecule has 0 aliphatic carbocycles. The van der Waals surface area contributed by atoms with Gasteiger partial charge in [-0.3, -0.25) is 0 Å². The van der Waals surface area contributed by atoms with E-state index in [1.165, 1.54) is 19.3 Å². The van der Waals surface area contributed by atoms with Gasteiger partial charge in [0.25, 0.3) is 0 Å². The van der Waals surface area contributed by atoms with E-state index in [1.807, 2.05) is 0 Å². The van der Waals surface area contributed by atoms with Gasteiger partial charge in [-0.25, -0.2) is 0 Å². The maximum absolute atomic E-state index is 5.70. The summed E-state index contributed by atoms with van der Waals surface area (Å²) in [5.74, 6) is 0.713. The first-order valence-corrected chi connectivity index (χ1v) is 5.39. The number of nitrogens with one attached hydrogen (secondary N) is 1. The lowest BCUT2D eigenvalue weighted by molar-refractivity contribution is -0.168. The monoisotopic (exact) mass is 185 g/mol. The molecule has 0 saturated carbocycles. The first-order chi connectivity index (χ1) is 6.45. The van der Waals surface area contributed by atoms with Crippen molar-refractivity contribution in [3.63, 3.8) is 0 Å². The van der Waals surface area contributed by atoms with Crippen LogP contribution in [0.5, 0.6) is 0 Å². The van der Waals surface area contributed by atoms with Gasteiger partial charge in [-0.1, -0.05) is 0 Å². The Hall–Kier alpha value is -0.120. The van der Waals surface area contributed by atoms with Gasteiger partial charge < -0.3 is 14.8 Å². The van der Waals surface area contributed by atoms with E-state index in [4.69, 9.17) is 9.47 Å². The van der Waals surface area contributed by atoms with Gasteiger partial charge in [-0.15, -0.1) is 0 Å². The molecule has 3 nitrogen and oxygen atoms in total. The lowest BCUT2D eigenvalue weighted by atomic mass is 10.1. The second kappa shape index (κ2) is 4.94. The van der Waals surface area contributed by atoms with Crippen molar-refractivity contribution in [2.45, 2.75) is 32.0 Å². The molecule has 76 valence electrons. The fourth-order valence-electron chi connectivity index (χ4n) is 1.94. The molecule has 2 unspecified atom stereocenters. The molecule has 0 aromatic heterocycles. The van der Waals surface area contributed by atoms with Crippen molar-refractivity contribution in [1.82, 2.24) is 5.32 Å². The average Bonchev–Trinajstić information content (AvgIpc) is 2.69. The molecule has 3 heteroatoms. The minimum atomic E-state index is 0.0920. The van der Waals surface area contributed by atoms with Crippen LogP contribution in [0.1, 0.15) is 25.7 Å². The van der Waals surface area contributed by atoms with Crippen LogP contribution in [-0.4, -0.2) is 32.6 Å². The van der Waals surface area contributed by atoms with Crippen LogP contribution in [0.3, 0.4) is 0 Å². The van der Waals surface area contributed by atoms with Gasteiger partial charge in [-0.2, -0.15) is 0 Å². The van der Waals surface area contributed by atoms with Gasteiger partial charge in [0.2, 0.25) is 0 Å². The van der Waals surface area contributed by atoms with Crippen molar-refractivity contribution < 1.29 is 9.47 Å². The fourth-order valence-corrected chi connectivity index (χ4v) is 1.94. The lowest BCUT2D eigenvalue weighted by Gasteiger charge is -2.23. The van der Waals surface area contributed by atoms with E-state index in [2.05, 4.69) is 5.32 Å². The SMILES string of the molecule is C1CCC(OCC2CCNC2)OC1. The molecule has 2 heterocycles. The topological polar surface area (TPSA) is 30.5 Å². The highest BCUT2D eigenvalue weighted by Crippen LogP contribution is 2.16. The van der Waals surface area contributed by atoms with Crippen LogP contribution in [-0.2, 0) is 9.47 Å². The molecule has 2 fully saturated rings. The average molecular weight is 185 g/mol. The number of ether oxygens (including phenoxy) is 2. The summed E-state index contributed by atoms with van der Waals surface area (Å²) in [6.07, 6.45) is 4.89. The number of rotatable bonds is 3. The Labute approximate surface area is 79.8 Å². The maximum Gasteiger partial charge on any atom is 0.157 e. The van der Waals surface area contributed by atoms with Gasteiger partial charge in [-0.05, 0) is 38.1 Å². The summed E-state index contributed by atoms with van der Waals surface area (Å²) in [7, 11) is 0. The van der Waals surface area contributed by atoms with Crippen LogP contribution < -0.4 is 5.32 Å². The zero-order chi connectivity index (χ0) is 8.93. The minimum absolute atomic E-state index is 0.0920. The van der Waals surface area contributed by atoms with E-state index < -0.39 is 0 Å². The van der Waals surface area contributed by atoms with Gasteiger partial charge in [0.05, 0.1) is 6.61 Å². The molecule has 0 radical (unpaired) electrons. The third kappa shape index (κ3) is 2.93. The van der Waals surface area contributed by atoms with E-state index in [-0.39, 0.29) is 6.29 Å². The van der Waals surface area contributed by atoms with Crippen LogP contribution in [0.4, 0.5) is 0 Å². The molecule has 0 amide bonds. The molecule has 2 aliphatic heterocycles. The van der Waals surface area contributed by atoms with E-state index in [9.17, 15) is 0 Å². The molecule has 0 aromatic carbocycles. The minimum Gasteiger partial charge on any atom is -0.353 e. The normalized spacial score (nSPS) is 35.1. The predicted octanol–water partition coefficient (Wildman–Crippen LogP) is 1.14. The Morgan fingerprint density at radius 1 is 1.31 bits per heavy atom. The second-order valence-corrected chi connectivity index (χ2v) is 3.99. The Bertz CT molecular complexity index is 140. The highest BCUT2D eigenvalue weighted by molar-refractivity contribution is 4.70. The van der Waals surface area contributed by atoms with E-state index >= 15 is 0 Å². The van der Waals surface area contributed by atoms with Crippen molar-refractivity contribution >= 4 is 0 Å². The summed E-state index contributed by atoms with van der Waals surface area (Å²) in [6.45, 7) is 4.03. The van der Waals surface area contributed by atoms with E-state index in [0.717, 1.165) is 32.7 Å². The Morgan fingerprint density at radius 2 is 2.31 bits per heavy atom. The fraction of sp³-hybridized carbons (Fsp3) is 1.00. The lowest BCUT2D eigenvalue weighted by Crippen LogP contribution is -2.25. The number of hydrogen-bond acceptors (Lipinski definition) is 3. The third-order valence-corrected chi connectivity index (χ3v) is 2.82. The highest BCUT2D eigenvalue weighted by atomic mass is 16.7. The Morgan fingerprint density at radius 3 is 3.00 bits per heavy atom. The molecule has 0 spiro atoms. The van der Waals surface area contributed by atoms with Crippen LogP contribution in [0.25, 0.3) is 0 Å². The molecule has 2 rings (SSSR count). The first kappa shape index (κ1) is 9.44. The van der Waals surface area contributed by atoms with Gasteiger partial charge in [0.1, 0.15) is 0 Å². The van der Waals surface area contributed by atoms with E-state index in [1.54, 1.807) is 0 Å². The van der Waals surface area contributed by atoms with Crippen molar-refractivity contribution in [3.05, 3.63) is 0 Å². The molecule has 2 aliphatic rings. The molecule has 0 bridgehead atoms. The number of hydrogen-bond donors (Lipinski definition) is 1. The molecule has 2 saturated heterocycles. The summed E-state index contributed by atoms with van der Waals surface area (Å²) >= 11 is 0. The third-order valence-electron chi connectivity index (χ3n) is 2.82. The largest absolute Gasteiger partial charge is 0.353 e. The molecule has 0 aromatic rings. The molecular weight excluding hydrogens is 166 g/mol. The summed E-state index contributed by atoms with van der Waals surface area (Å²) in [5, 5.41) is 3.34. The quantitative estimate of drug-likeness (QED) is 0.715. The van der Waals surface area contributed by atoms with E-state index in [0.29, 0.717) is 5.92 Å². The molecule has 2 atom stereocenters. The summed E-state index contributed by atoms with van der Waals surface area (Å²) < 4.78 is 11.2. The molecular formula is C10H19NO2. The summed E-state index contributed by atoms with van der Waals surface area (Å²) in [6, 6.07) is 0. The van der Waals surface area contributed by atoms with Crippen LogP contribution in [0, 0.1) is 5.92 Å². The first-order valence-electron chi connectivity index (χ1n) is 5.39. The van der Waals surface area contributed by atoms with Crippen molar-refractivity contribution in [3.8, 4) is 0 Å². The Balaban J connectivity index is 1.60. The summed E-state index contributed by atoms with van der Waals surface area (Å²) in [4.78, 5) is 0. The van der Waals surface area contributed by atoms with Crippen LogP contribution in [0.2, 0.25) is 0 Å². The maximum atomic E-state index is 5.70. The van der Waals surface area contributed by atoms with Crippen molar-refractivity contribution in [2.24, 2.45) is 5.92 Å². The van der Waals surface area contributed by atoms with Crippen LogP contribution >= 0.6 is 0 Å². The molecule has 13 heavy (non-hydrogen) atoms.